The molecular weight excluding hydrogens is 524 g/mol. The highest BCUT2D eigenvalue weighted by Crippen LogP contribution is 2.40. The van der Waals surface area contributed by atoms with Crippen LogP contribution in [0.1, 0.15) is 46.1 Å². The summed E-state index contributed by atoms with van der Waals surface area (Å²) in [5.74, 6) is 1.01. The zero-order chi connectivity index (χ0) is 24.2. The molecule has 2 aromatic carbocycles. The van der Waals surface area contributed by atoms with Gasteiger partial charge in [0, 0.05) is 15.9 Å². The fourth-order valence-corrected chi connectivity index (χ4v) is 5.91. The van der Waals surface area contributed by atoms with Gasteiger partial charge in [-0.05, 0) is 74.4 Å². The molecule has 5 rings (SSSR count). The van der Waals surface area contributed by atoms with Crippen LogP contribution in [0.3, 0.4) is 0 Å². The van der Waals surface area contributed by atoms with Gasteiger partial charge in [-0.1, -0.05) is 40.2 Å². The van der Waals surface area contributed by atoms with E-state index in [1.165, 1.54) is 10.4 Å². The van der Waals surface area contributed by atoms with Crippen LogP contribution in [-0.2, 0) is 24.0 Å². The van der Waals surface area contributed by atoms with E-state index in [0.717, 1.165) is 58.2 Å². The lowest BCUT2D eigenvalue weighted by molar-refractivity contribution is 0.0526. The Morgan fingerprint density at radius 2 is 1.74 bits per heavy atom. The predicted molar refractivity (Wildman–Crippen MR) is 146 cm³/mol. The van der Waals surface area contributed by atoms with Gasteiger partial charge >= 0.3 is 5.97 Å². The third-order valence-corrected chi connectivity index (χ3v) is 7.81. The number of carbonyl (C=O) groups is 1. The normalized spacial score (nSPS) is 12.9. The summed E-state index contributed by atoms with van der Waals surface area (Å²) in [5.41, 5.74) is 4.63. The molecule has 0 saturated heterocycles. The first-order chi connectivity index (χ1) is 17.1. The van der Waals surface area contributed by atoms with E-state index < -0.39 is 0 Å². The molecule has 0 atom stereocenters. The number of para-hydroxylation sites is 2. The van der Waals surface area contributed by atoms with Gasteiger partial charge in [0.2, 0.25) is 0 Å². The largest absolute Gasteiger partial charge is 0.462 e. The minimum atomic E-state index is -0.270. The maximum atomic E-state index is 12.9. The van der Waals surface area contributed by atoms with Crippen molar-refractivity contribution < 1.29 is 9.53 Å². The van der Waals surface area contributed by atoms with Gasteiger partial charge < -0.3 is 15.4 Å². The van der Waals surface area contributed by atoms with Gasteiger partial charge in [-0.25, -0.2) is 14.8 Å². The second-order valence-electron chi connectivity index (χ2n) is 8.47. The monoisotopic (exact) mass is 550 g/mol. The van der Waals surface area contributed by atoms with Crippen molar-refractivity contribution in [2.45, 2.75) is 39.0 Å². The van der Waals surface area contributed by atoms with Crippen LogP contribution < -0.4 is 10.6 Å². The lowest BCUT2D eigenvalue weighted by Crippen LogP contribution is -2.12. The average molecular weight is 552 g/mol. The van der Waals surface area contributed by atoms with Crippen LogP contribution >= 0.6 is 27.3 Å². The lowest BCUT2D eigenvalue weighted by Gasteiger charge is -2.14. The van der Waals surface area contributed by atoms with E-state index in [0.29, 0.717) is 30.4 Å². The molecule has 0 aliphatic heterocycles. The molecule has 35 heavy (non-hydrogen) atoms. The molecule has 0 radical (unpaired) electrons. The molecule has 1 aliphatic rings. The first-order valence-corrected chi connectivity index (χ1v) is 13.6. The smallest absolute Gasteiger partial charge is 0.341 e. The van der Waals surface area contributed by atoms with Crippen LogP contribution in [0.15, 0.2) is 53.0 Å². The molecule has 0 bridgehead atoms. The number of ether oxygens (including phenoxy) is 1. The number of aryl methyl sites for hydroxylation is 1. The summed E-state index contributed by atoms with van der Waals surface area (Å²) in [6.07, 6.45) is 4.99. The molecule has 1 aliphatic carbocycles. The second-order valence-corrected chi connectivity index (χ2v) is 10.5. The zero-order valence-electron chi connectivity index (χ0n) is 19.6. The number of nitrogens with one attached hydrogen (secondary N) is 2. The van der Waals surface area contributed by atoms with Crippen molar-refractivity contribution in [3.05, 3.63) is 74.6 Å². The van der Waals surface area contributed by atoms with Crippen molar-refractivity contribution in [2.24, 2.45) is 0 Å². The van der Waals surface area contributed by atoms with Gasteiger partial charge in [0.1, 0.15) is 5.00 Å². The summed E-state index contributed by atoms with van der Waals surface area (Å²) < 4.78 is 6.49. The Hall–Kier alpha value is -2.97. The van der Waals surface area contributed by atoms with Crippen molar-refractivity contribution in [3.63, 3.8) is 0 Å². The number of nitrogens with zero attached hydrogens (tertiary/aromatic N) is 2. The van der Waals surface area contributed by atoms with E-state index in [1.54, 1.807) is 11.3 Å². The van der Waals surface area contributed by atoms with Crippen LogP contribution in [0.5, 0.6) is 0 Å². The Kier molecular flexibility index (Phi) is 7.29. The standard InChI is InChI=1S/C27H27BrN4O2S/c1-2-34-27(33)23-19-7-3-6-10-22(19)35-26(23)32-25-24(30-20-8-4-5-9-21(20)31-25)29-16-15-17-11-13-18(28)14-12-17/h4-5,8-9,11-14H,2-3,6-7,10,15-16H2,1H3,(H,29,30)(H,31,32). The number of halogens is 1. The molecule has 0 fully saturated rings. The third-order valence-electron chi connectivity index (χ3n) is 6.07. The number of hydrogen-bond donors (Lipinski definition) is 2. The molecule has 0 amide bonds. The number of aromatic nitrogens is 2. The second kappa shape index (κ2) is 10.7. The predicted octanol–water partition coefficient (Wildman–Crippen LogP) is 6.91. The summed E-state index contributed by atoms with van der Waals surface area (Å²) in [6.45, 7) is 2.89. The highest BCUT2D eigenvalue weighted by molar-refractivity contribution is 9.10. The number of anilines is 3. The number of thiophene rings is 1. The van der Waals surface area contributed by atoms with E-state index >= 15 is 0 Å². The molecule has 2 N–H and O–H groups in total. The van der Waals surface area contributed by atoms with Crippen molar-refractivity contribution in [3.8, 4) is 0 Å². The Morgan fingerprint density at radius 3 is 2.49 bits per heavy atom. The number of esters is 1. The molecule has 6 nitrogen and oxygen atoms in total. The SMILES string of the molecule is CCOC(=O)c1c(Nc2nc3ccccc3nc2NCCc2ccc(Br)cc2)sc2c1CCCC2. The fourth-order valence-electron chi connectivity index (χ4n) is 4.37. The fraction of sp³-hybridized carbons (Fsp3) is 0.296. The lowest BCUT2D eigenvalue weighted by atomic mass is 9.95. The maximum Gasteiger partial charge on any atom is 0.341 e. The van der Waals surface area contributed by atoms with E-state index in [1.807, 2.05) is 43.3 Å². The van der Waals surface area contributed by atoms with Crippen molar-refractivity contribution in [1.29, 1.82) is 0 Å². The van der Waals surface area contributed by atoms with Gasteiger partial charge in [0.25, 0.3) is 0 Å². The van der Waals surface area contributed by atoms with Crippen LogP contribution in [0.4, 0.5) is 16.6 Å². The Morgan fingerprint density at radius 1 is 1.03 bits per heavy atom. The zero-order valence-corrected chi connectivity index (χ0v) is 22.0. The number of benzene rings is 2. The molecule has 180 valence electrons. The van der Waals surface area contributed by atoms with E-state index in [2.05, 4.69) is 38.7 Å². The summed E-state index contributed by atoms with van der Waals surface area (Å²) >= 11 is 5.12. The van der Waals surface area contributed by atoms with Crippen LogP contribution in [0.25, 0.3) is 11.0 Å². The van der Waals surface area contributed by atoms with Crippen molar-refractivity contribution in [2.75, 3.05) is 23.8 Å². The number of hydrogen-bond acceptors (Lipinski definition) is 7. The minimum absolute atomic E-state index is 0.270. The van der Waals surface area contributed by atoms with Crippen LogP contribution in [0, 0.1) is 0 Å². The van der Waals surface area contributed by atoms with E-state index in [4.69, 9.17) is 14.7 Å². The van der Waals surface area contributed by atoms with Crippen molar-refractivity contribution in [1.82, 2.24) is 9.97 Å². The maximum absolute atomic E-state index is 12.9. The Labute approximate surface area is 217 Å². The van der Waals surface area contributed by atoms with E-state index in [-0.39, 0.29) is 5.97 Å². The molecule has 0 saturated carbocycles. The summed E-state index contributed by atoms with van der Waals surface area (Å²) in [4.78, 5) is 23.9. The van der Waals surface area contributed by atoms with Gasteiger partial charge in [-0.2, -0.15) is 0 Å². The summed E-state index contributed by atoms with van der Waals surface area (Å²) in [7, 11) is 0. The van der Waals surface area contributed by atoms with Gasteiger partial charge in [-0.15, -0.1) is 11.3 Å². The molecule has 2 aromatic heterocycles. The number of carbonyl (C=O) groups excluding carboxylic acids is 1. The van der Waals surface area contributed by atoms with E-state index in [9.17, 15) is 4.79 Å². The molecule has 0 spiro atoms. The summed E-state index contributed by atoms with van der Waals surface area (Å²) in [6, 6.07) is 16.1. The van der Waals surface area contributed by atoms with Gasteiger partial charge in [0.05, 0.1) is 23.2 Å². The summed E-state index contributed by atoms with van der Waals surface area (Å²) in [5, 5.41) is 7.71. The van der Waals surface area contributed by atoms with Crippen LogP contribution in [0.2, 0.25) is 0 Å². The number of fused-ring (bicyclic) bond motifs is 2. The highest BCUT2D eigenvalue weighted by Gasteiger charge is 2.27. The third kappa shape index (κ3) is 5.33. The minimum Gasteiger partial charge on any atom is -0.462 e. The highest BCUT2D eigenvalue weighted by atomic mass is 79.9. The number of rotatable bonds is 8. The van der Waals surface area contributed by atoms with Crippen LogP contribution in [-0.4, -0.2) is 29.1 Å². The van der Waals surface area contributed by atoms with Crippen molar-refractivity contribution >= 4 is 60.9 Å². The Balaban J connectivity index is 1.47. The average Bonchev–Trinajstić information content (AvgIpc) is 3.23. The quantitative estimate of drug-likeness (QED) is 0.232. The molecule has 2 heterocycles. The molecule has 8 heteroatoms. The van der Waals surface area contributed by atoms with Gasteiger partial charge in [-0.3, -0.25) is 0 Å². The topological polar surface area (TPSA) is 76.1 Å². The first kappa shape index (κ1) is 23.8. The first-order valence-electron chi connectivity index (χ1n) is 12.0. The molecular formula is C27H27BrN4O2S. The Bertz CT molecular complexity index is 1350. The molecule has 4 aromatic rings. The molecule has 0 unspecified atom stereocenters. The van der Waals surface area contributed by atoms with Gasteiger partial charge in [0.15, 0.2) is 11.6 Å².